The fourth-order valence-electron chi connectivity index (χ4n) is 2.60. The molecule has 0 saturated carbocycles. The summed E-state index contributed by atoms with van der Waals surface area (Å²) in [4.78, 5) is 0. The second kappa shape index (κ2) is 4.56. The summed E-state index contributed by atoms with van der Waals surface area (Å²) >= 11 is 6.05. The van der Waals surface area contributed by atoms with Gasteiger partial charge < -0.3 is 9.84 Å². The maximum Gasteiger partial charge on any atom is 0.123 e. The zero-order valence-electron chi connectivity index (χ0n) is 9.91. The Labute approximate surface area is 105 Å². The molecule has 0 bridgehead atoms. The third kappa shape index (κ3) is 2.62. The van der Waals surface area contributed by atoms with E-state index < -0.39 is 5.60 Å². The van der Waals surface area contributed by atoms with Gasteiger partial charge in [-0.05, 0) is 32.0 Å². The Kier molecular flexibility index (Phi) is 3.43. The van der Waals surface area contributed by atoms with Gasteiger partial charge in [-0.2, -0.15) is 0 Å². The lowest BCUT2D eigenvalue weighted by Crippen LogP contribution is -2.41. The van der Waals surface area contributed by atoms with Crippen LogP contribution in [0.15, 0.2) is 18.2 Å². The highest BCUT2D eigenvalue weighted by molar-refractivity contribution is 6.31. The van der Waals surface area contributed by atoms with Crippen molar-refractivity contribution < 1.29 is 14.2 Å². The minimum atomic E-state index is -1.10. The van der Waals surface area contributed by atoms with Gasteiger partial charge in [-0.25, -0.2) is 4.39 Å². The molecule has 2 nitrogen and oxygen atoms in total. The molecule has 2 atom stereocenters. The number of hydrogen-bond acceptors (Lipinski definition) is 2. The van der Waals surface area contributed by atoms with Crippen LogP contribution in [0.4, 0.5) is 4.39 Å². The van der Waals surface area contributed by atoms with Crippen LogP contribution in [0, 0.1) is 5.82 Å². The Morgan fingerprint density at radius 3 is 2.53 bits per heavy atom. The van der Waals surface area contributed by atoms with Crippen LogP contribution < -0.4 is 0 Å². The van der Waals surface area contributed by atoms with E-state index in [1.807, 2.05) is 13.8 Å². The first kappa shape index (κ1) is 12.8. The van der Waals surface area contributed by atoms with Crippen LogP contribution in [0.2, 0.25) is 5.02 Å². The minimum absolute atomic E-state index is 0.0666. The highest BCUT2D eigenvalue weighted by atomic mass is 35.5. The monoisotopic (exact) mass is 258 g/mol. The van der Waals surface area contributed by atoms with Gasteiger partial charge in [0.05, 0.1) is 17.8 Å². The zero-order chi connectivity index (χ0) is 12.6. The minimum Gasteiger partial charge on any atom is -0.385 e. The third-order valence-corrected chi connectivity index (χ3v) is 3.47. The number of ether oxygens (including phenoxy) is 1. The van der Waals surface area contributed by atoms with E-state index in [9.17, 15) is 9.50 Å². The number of rotatable bonds is 1. The summed E-state index contributed by atoms with van der Waals surface area (Å²) < 4.78 is 18.8. The van der Waals surface area contributed by atoms with Gasteiger partial charge in [0, 0.05) is 23.4 Å². The zero-order valence-corrected chi connectivity index (χ0v) is 10.7. The maximum absolute atomic E-state index is 13.3. The molecule has 2 unspecified atom stereocenters. The normalized spacial score (nSPS) is 33.7. The van der Waals surface area contributed by atoms with Crippen LogP contribution in [-0.2, 0) is 10.3 Å². The Morgan fingerprint density at radius 2 is 1.94 bits per heavy atom. The molecule has 1 aromatic carbocycles. The van der Waals surface area contributed by atoms with E-state index in [-0.39, 0.29) is 18.0 Å². The van der Waals surface area contributed by atoms with Crippen molar-refractivity contribution in [1.29, 1.82) is 0 Å². The van der Waals surface area contributed by atoms with Crippen LogP contribution in [0.1, 0.15) is 32.3 Å². The average molecular weight is 259 g/mol. The molecule has 4 heteroatoms. The summed E-state index contributed by atoms with van der Waals surface area (Å²) in [7, 11) is 0. The van der Waals surface area contributed by atoms with Gasteiger partial charge >= 0.3 is 0 Å². The third-order valence-electron chi connectivity index (χ3n) is 3.14. The molecule has 1 saturated heterocycles. The molecular weight excluding hydrogens is 243 g/mol. The predicted molar refractivity (Wildman–Crippen MR) is 64.5 cm³/mol. The van der Waals surface area contributed by atoms with E-state index in [4.69, 9.17) is 16.3 Å². The lowest BCUT2D eigenvalue weighted by atomic mass is 9.81. The van der Waals surface area contributed by atoms with Crippen LogP contribution >= 0.6 is 11.6 Å². The second-order valence-corrected chi connectivity index (χ2v) is 5.23. The molecule has 17 heavy (non-hydrogen) atoms. The summed E-state index contributed by atoms with van der Waals surface area (Å²) in [5.74, 6) is -0.385. The smallest absolute Gasteiger partial charge is 0.123 e. The summed E-state index contributed by atoms with van der Waals surface area (Å²) in [5, 5.41) is 11.1. The first-order chi connectivity index (χ1) is 7.90. The molecule has 1 heterocycles. The average Bonchev–Trinajstić information content (AvgIpc) is 2.19. The number of aliphatic hydroxyl groups is 1. The Balaban J connectivity index is 2.39. The first-order valence-electron chi connectivity index (χ1n) is 5.74. The molecule has 0 aromatic heterocycles. The molecule has 0 aliphatic carbocycles. The second-order valence-electron chi connectivity index (χ2n) is 4.82. The molecule has 1 aromatic rings. The quantitative estimate of drug-likeness (QED) is 0.838. The van der Waals surface area contributed by atoms with Gasteiger partial charge in [-0.15, -0.1) is 0 Å². The fraction of sp³-hybridized carbons (Fsp3) is 0.538. The van der Waals surface area contributed by atoms with E-state index in [1.165, 1.54) is 18.2 Å². The predicted octanol–water partition coefficient (Wildman–Crippen LogP) is 3.25. The van der Waals surface area contributed by atoms with Crippen molar-refractivity contribution >= 4 is 11.6 Å². The molecule has 94 valence electrons. The van der Waals surface area contributed by atoms with Gasteiger partial charge in [-0.3, -0.25) is 0 Å². The Morgan fingerprint density at radius 1 is 1.35 bits per heavy atom. The maximum atomic E-state index is 13.3. The van der Waals surface area contributed by atoms with Crippen molar-refractivity contribution in [3.05, 3.63) is 34.6 Å². The van der Waals surface area contributed by atoms with Crippen molar-refractivity contribution in [2.75, 3.05) is 0 Å². The molecule has 0 radical (unpaired) electrons. The van der Waals surface area contributed by atoms with Crippen molar-refractivity contribution in [3.63, 3.8) is 0 Å². The van der Waals surface area contributed by atoms with Crippen LogP contribution in [0.5, 0.6) is 0 Å². The number of hydrogen-bond donors (Lipinski definition) is 1. The van der Waals surface area contributed by atoms with Crippen LogP contribution in [0.3, 0.4) is 0 Å². The standard InChI is InChI=1S/C13H16ClFO2/c1-8-6-13(16,7-9(2)17-8)11-5-10(15)3-4-12(11)14/h3-5,8-9,16H,6-7H2,1-2H3. The molecule has 1 N–H and O–H groups in total. The van der Waals surface area contributed by atoms with Crippen molar-refractivity contribution in [3.8, 4) is 0 Å². The van der Waals surface area contributed by atoms with Crippen LogP contribution in [0.25, 0.3) is 0 Å². The van der Waals surface area contributed by atoms with Gasteiger partial charge in [0.2, 0.25) is 0 Å². The number of halogens is 2. The highest BCUT2D eigenvalue weighted by Gasteiger charge is 2.39. The van der Waals surface area contributed by atoms with Crippen molar-refractivity contribution in [2.45, 2.75) is 44.5 Å². The van der Waals surface area contributed by atoms with E-state index in [0.717, 1.165) is 0 Å². The van der Waals surface area contributed by atoms with Gasteiger partial charge in [0.25, 0.3) is 0 Å². The van der Waals surface area contributed by atoms with Gasteiger partial charge in [0.1, 0.15) is 5.82 Å². The van der Waals surface area contributed by atoms with Crippen LogP contribution in [-0.4, -0.2) is 17.3 Å². The Bertz CT molecular complexity index is 412. The van der Waals surface area contributed by atoms with E-state index in [0.29, 0.717) is 23.4 Å². The van der Waals surface area contributed by atoms with Gasteiger partial charge in [0.15, 0.2) is 0 Å². The molecule has 2 rings (SSSR count). The van der Waals surface area contributed by atoms with E-state index in [1.54, 1.807) is 0 Å². The van der Waals surface area contributed by atoms with Crippen molar-refractivity contribution in [2.24, 2.45) is 0 Å². The summed E-state index contributed by atoms with van der Waals surface area (Å²) in [5.41, 5.74) is -0.642. The lowest BCUT2D eigenvalue weighted by molar-refractivity contribution is -0.135. The number of benzene rings is 1. The molecule has 0 amide bonds. The largest absolute Gasteiger partial charge is 0.385 e. The highest BCUT2D eigenvalue weighted by Crippen LogP contribution is 2.40. The summed E-state index contributed by atoms with van der Waals surface area (Å²) in [6.45, 7) is 3.79. The first-order valence-corrected chi connectivity index (χ1v) is 6.12. The molecule has 1 aliphatic heterocycles. The summed E-state index contributed by atoms with van der Waals surface area (Å²) in [6.07, 6.45) is 0.729. The fourth-order valence-corrected chi connectivity index (χ4v) is 2.89. The van der Waals surface area contributed by atoms with E-state index >= 15 is 0 Å². The van der Waals surface area contributed by atoms with E-state index in [2.05, 4.69) is 0 Å². The summed E-state index contributed by atoms with van der Waals surface area (Å²) in [6, 6.07) is 4.09. The topological polar surface area (TPSA) is 29.5 Å². The Hall–Kier alpha value is -0.640. The molecular formula is C13H16ClFO2. The molecule has 1 aliphatic rings. The van der Waals surface area contributed by atoms with Gasteiger partial charge in [-0.1, -0.05) is 11.6 Å². The SMILES string of the molecule is CC1CC(O)(c2cc(F)ccc2Cl)CC(C)O1. The lowest BCUT2D eigenvalue weighted by Gasteiger charge is -2.39. The van der Waals surface area contributed by atoms with Crippen molar-refractivity contribution in [1.82, 2.24) is 0 Å². The molecule has 0 spiro atoms. The molecule has 1 fully saturated rings.